The lowest BCUT2D eigenvalue weighted by Gasteiger charge is -2.09. The molecule has 2 rings (SSSR count). The summed E-state index contributed by atoms with van der Waals surface area (Å²) in [4.78, 5) is 10.9. The predicted octanol–water partition coefficient (Wildman–Crippen LogP) is 3.56. The van der Waals surface area contributed by atoms with Crippen LogP contribution in [0, 0.1) is 17.0 Å². The van der Waals surface area contributed by atoms with Crippen LogP contribution in [-0.2, 0) is 16.6 Å². The average Bonchev–Trinajstić information content (AvgIpc) is 2.43. The third kappa shape index (κ3) is 3.48. The highest BCUT2D eigenvalue weighted by Gasteiger charge is 2.14. The van der Waals surface area contributed by atoms with E-state index in [0.29, 0.717) is 15.1 Å². The SMILES string of the molecule is Cc1c(N)cccc1S(=O)Cc1ccc([N+](=O)[O-])cc1Br. The molecule has 0 bridgehead atoms. The van der Waals surface area contributed by atoms with Crippen molar-refractivity contribution in [3.63, 3.8) is 0 Å². The van der Waals surface area contributed by atoms with Gasteiger partial charge in [0.2, 0.25) is 0 Å². The Morgan fingerprint density at radius 3 is 2.67 bits per heavy atom. The number of nitrogens with zero attached hydrogens (tertiary/aromatic N) is 1. The fraction of sp³-hybridized carbons (Fsp3) is 0.143. The van der Waals surface area contributed by atoms with Gasteiger partial charge in [0.05, 0.1) is 21.5 Å². The molecule has 0 heterocycles. The summed E-state index contributed by atoms with van der Waals surface area (Å²) >= 11 is 3.29. The zero-order chi connectivity index (χ0) is 15.6. The molecule has 7 heteroatoms. The first-order valence-corrected chi connectivity index (χ1v) is 8.17. The molecule has 0 radical (unpaired) electrons. The van der Waals surface area contributed by atoms with Crippen molar-refractivity contribution in [2.45, 2.75) is 17.6 Å². The smallest absolute Gasteiger partial charge is 0.270 e. The summed E-state index contributed by atoms with van der Waals surface area (Å²) < 4.78 is 13.0. The van der Waals surface area contributed by atoms with Gasteiger partial charge in [0.25, 0.3) is 5.69 Å². The van der Waals surface area contributed by atoms with Gasteiger partial charge in [-0.1, -0.05) is 28.1 Å². The Bertz CT molecular complexity index is 734. The summed E-state index contributed by atoms with van der Waals surface area (Å²) in [5.74, 6) is 0.267. The maximum Gasteiger partial charge on any atom is 0.270 e. The summed E-state index contributed by atoms with van der Waals surface area (Å²) in [7, 11) is -1.26. The van der Waals surface area contributed by atoms with E-state index in [1.54, 1.807) is 24.3 Å². The Kier molecular flexibility index (Phi) is 4.74. The van der Waals surface area contributed by atoms with Crippen molar-refractivity contribution in [2.24, 2.45) is 0 Å². The molecule has 21 heavy (non-hydrogen) atoms. The minimum Gasteiger partial charge on any atom is -0.398 e. The minimum absolute atomic E-state index is 0.00320. The van der Waals surface area contributed by atoms with Crippen LogP contribution < -0.4 is 5.73 Å². The number of hydrogen-bond donors (Lipinski definition) is 1. The van der Waals surface area contributed by atoms with Crippen LogP contribution in [0.1, 0.15) is 11.1 Å². The predicted molar refractivity (Wildman–Crippen MR) is 86.5 cm³/mol. The van der Waals surface area contributed by atoms with Gasteiger partial charge in [-0.05, 0) is 30.2 Å². The van der Waals surface area contributed by atoms with Crippen LogP contribution >= 0.6 is 15.9 Å². The number of nitro benzene ring substituents is 1. The van der Waals surface area contributed by atoms with E-state index in [1.807, 2.05) is 6.92 Å². The van der Waals surface area contributed by atoms with Gasteiger partial charge in [0.1, 0.15) is 0 Å². The van der Waals surface area contributed by atoms with E-state index in [1.165, 1.54) is 12.1 Å². The molecule has 0 aliphatic carbocycles. The second-order valence-corrected chi connectivity index (χ2v) is 6.77. The van der Waals surface area contributed by atoms with Gasteiger partial charge in [-0.3, -0.25) is 14.3 Å². The number of hydrogen-bond acceptors (Lipinski definition) is 4. The van der Waals surface area contributed by atoms with Gasteiger partial charge in [0.15, 0.2) is 0 Å². The normalized spacial score (nSPS) is 12.1. The van der Waals surface area contributed by atoms with Gasteiger partial charge in [-0.15, -0.1) is 0 Å². The van der Waals surface area contributed by atoms with Crippen LogP contribution in [0.5, 0.6) is 0 Å². The number of anilines is 1. The summed E-state index contributed by atoms with van der Waals surface area (Å²) in [5.41, 5.74) is 7.96. The van der Waals surface area contributed by atoms with Crippen LogP contribution in [0.2, 0.25) is 0 Å². The molecule has 2 aromatic rings. The number of benzene rings is 2. The van der Waals surface area contributed by atoms with Crippen molar-refractivity contribution >= 4 is 38.1 Å². The van der Waals surface area contributed by atoms with Gasteiger partial charge in [-0.2, -0.15) is 0 Å². The topological polar surface area (TPSA) is 86.2 Å². The Morgan fingerprint density at radius 2 is 2.05 bits per heavy atom. The zero-order valence-corrected chi connectivity index (χ0v) is 13.6. The maximum atomic E-state index is 12.5. The molecule has 110 valence electrons. The van der Waals surface area contributed by atoms with E-state index in [9.17, 15) is 14.3 Å². The number of nitrogens with two attached hydrogens (primary N) is 1. The van der Waals surface area contributed by atoms with Crippen molar-refractivity contribution < 1.29 is 9.13 Å². The molecule has 2 N–H and O–H groups in total. The molecule has 0 amide bonds. The first-order valence-electron chi connectivity index (χ1n) is 6.06. The van der Waals surface area contributed by atoms with Crippen molar-refractivity contribution in [1.82, 2.24) is 0 Å². The van der Waals surface area contributed by atoms with Crippen molar-refractivity contribution in [3.05, 3.63) is 62.1 Å². The summed E-state index contributed by atoms with van der Waals surface area (Å²) in [6.07, 6.45) is 0. The highest BCUT2D eigenvalue weighted by molar-refractivity contribution is 9.10. The lowest BCUT2D eigenvalue weighted by molar-refractivity contribution is -0.384. The number of nitrogen functional groups attached to an aromatic ring is 1. The Balaban J connectivity index is 2.28. The van der Waals surface area contributed by atoms with E-state index in [-0.39, 0.29) is 11.4 Å². The molecule has 1 atom stereocenters. The second-order valence-electron chi connectivity index (χ2n) is 4.49. The molecule has 0 saturated heterocycles. The highest BCUT2D eigenvalue weighted by atomic mass is 79.9. The van der Waals surface area contributed by atoms with Crippen molar-refractivity contribution in [2.75, 3.05) is 5.73 Å². The number of nitro groups is 1. The van der Waals surface area contributed by atoms with Crippen LogP contribution in [-0.4, -0.2) is 9.13 Å². The number of halogens is 1. The second kappa shape index (κ2) is 6.36. The van der Waals surface area contributed by atoms with E-state index < -0.39 is 15.7 Å². The summed E-state index contributed by atoms with van der Waals surface area (Å²) in [5, 5.41) is 10.7. The van der Waals surface area contributed by atoms with Crippen LogP contribution in [0.25, 0.3) is 0 Å². The molecule has 0 aromatic heterocycles. The van der Waals surface area contributed by atoms with E-state index >= 15 is 0 Å². The van der Waals surface area contributed by atoms with Crippen molar-refractivity contribution in [1.29, 1.82) is 0 Å². The molecule has 0 saturated carbocycles. The van der Waals surface area contributed by atoms with Crippen LogP contribution in [0.15, 0.2) is 45.8 Å². The van der Waals surface area contributed by atoms with E-state index in [4.69, 9.17) is 5.73 Å². The van der Waals surface area contributed by atoms with Crippen LogP contribution in [0.3, 0.4) is 0 Å². The van der Waals surface area contributed by atoms with Gasteiger partial charge in [-0.25, -0.2) is 0 Å². The molecule has 0 fully saturated rings. The fourth-order valence-corrected chi connectivity index (χ4v) is 3.94. The monoisotopic (exact) mass is 368 g/mol. The summed E-state index contributed by atoms with van der Waals surface area (Å²) in [6.45, 7) is 1.83. The third-order valence-electron chi connectivity index (χ3n) is 3.11. The zero-order valence-electron chi connectivity index (χ0n) is 11.2. The molecule has 5 nitrogen and oxygen atoms in total. The quantitative estimate of drug-likeness (QED) is 0.507. The Morgan fingerprint density at radius 1 is 1.33 bits per heavy atom. The van der Waals surface area contributed by atoms with Crippen molar-refractivity contribution in [3.8, 4) is 0 Å². The lowest BCUT2D eigenvalue weighted by atomic mass is 10.2. The molecule has 1 unspecified atom stereocenters. The van der Waals surface area contributed by atoms with Crippen LogP contribution in [0.4, 0.5) is 11.4 Å². The Labute approximate surface area is 132 Å². The van der Waals surface area contributed by atoms with Gasteiger partial charge in [0, 0.05) is 27.2 Å². The van der Waals surface area contributed by atoms with E-state index in [0.717, 1.165) is 11.1 Å². The minimum atomic E-state index is -1.26. The molecular formula is C14H13BrN2O3S. The molecule has 0 spiro atoms. The molecule has 0 aliphatic heterocycles. The average molecular weight is 369 g/mol. The molecule has 2 aromatic carbocycles. The molecular weight excluding hydrogens is 356 g/mol. The highest BCUT2D eigenvalue weighted by Crippen LogP contribution is 2.27. The fourth-order valence-electron chi connectivity index (χ4n) is 1.86. The number of rotatable bonds is 4. The van der Waals surface area contributed by atoms with Gasteiger partial charge >= 0.3 is 0 Å². The first-order chi connectivity index (χ1) is 9.90. The number of non-ortho nitro benzene ring substituents is 1. The lowest BCUT2D eigenvalue weighted by Crippen LogP contribution is -2.02. The first kappa shape index (κ1) is 15.7. The third-order valence-corrected chi connectivity index (χ3v) is 5.35. The van der Waals surface area contributed by atoms with E-state index in [2.05, 4.69) is 15.9 Å². The standard InChI is InChI=1S/C14H13BrN2O3S/c1-9-13(16)3-2-4-14(9)21(20)8-10-5-6-11(17(18)19)7-12(10)15/h2-7H,8,16H2,1H3. The Hall–Kier alpha value is -1.73. The van der Waals surface area contributed by atoms with Gasteiger partial charge < -0.3 is 5.73 Å². The largest absolute Gasteiger partial charge is 0.398 e. The summed E-state index contributed by atoms with van der Waals surface area (Å²) in [6, 6.07) is 9.74. The molecule has 0 aliphatic rings. The maximum absolute atomic E-state index is 12.5.